The third-order valence-electron chi connectivity index (χ3n) is 2.27. The van der Waals surface area contributed by atoms with Crippen molar-refractivity contribution in [3.8, 4) is 5.75 Å². The number of halogens is 1. The normalized spacial score (nSPS) is 9.94. The second-order valence-corrected chi connectivity index (χ2v) is 3.79. The van der Waals surface area contributed by atoms with Crippen molar-refractivity contribution in [1.29, 1.82) is 0 Å². The summed E-state index contributed by atoms with van der Waals surface area (Å²) in [6.07, 6.45) is 1.87. The Bertz CT molecular complexity index is 369. The molecule has 0 heterocycles. The number of hydrogen-bond donors (Lipinski definition) is 2. The van der Waals surface area contributed by atoms with Gasteiger partial charge in [-0.25, -0.2) is 5.84 Å². The summed E-state index contributed by atoms with van der Waals surface area (Å²) in [5, 5.41) is 0.660. The molecule has 5 heteroatoms. The lowest BCUT2D eigenvalue weighted by atomic mass is 10.1. The predicted molar refractivity (Wildman–Crippen MR) is 63.3 cm³/mol. The van der Waals surface area contributed by atoms with Crippen molar-refractivity contribution in [2.45, 2.75) is 19.3 Å². The number of carbonyl (C=O) groups is 1. The molecule has 1 amide bonds. The molecule has 0 bridgehead atoms. The van der Waals surface area contributed by atoms with Crippen LogP contribution in [-0.4, -0.2) is 13.0 Å². The van der Waals surface area contributed by atoms with Crippen LogP contribution in [0.4, 0.5) is 0 Å². The van der Waals surface area contributed by atoms with Gasteiger partial charge in [0.1, 0.15) is 5.75 Å². The van der Waals surface area contributed by atoms with Crippen LogP contribution < -0.4 is 16.0 Å². The minimum absolute atomic E-state index is 0.162. The fourth-order valence-electron chi connectivity index (χ4n) is 1.37. The summed E-state index contributed by atoms with van der Waals surface area (Å²) < 4.78 is 5.05. The van der Waals surface area contributed by atoms with Gasteiger partial charge in [0.25, 0.3) is 0 Å². The largest absolute Gasteiger partial charge is 0.497 e. The Morgan fingerprint density at radius 3 is 2.88 bits per heavy atom. The Kier molecular flexibility index (Phi) is 5.08. The van der Waals surface area contributed by atoms with Crippen LogP contribution in [0.1, 0.15) is 18.4 Å². The van der Waals surface area contributed by atoms with Gasteiger partial charge in [-0.3, -0.25) is 10.2 Å². The number of nitrogens with two attached hydrogens (primary N) is 1. The molecule has 0 saturated carbocycles. The first-order chi connectivity index (χ1) is 7.67. The Morgan fingerprint density at radius 1 is 1.56 bits per heavy atom. The van der Waals surface area contributed by atoms with E-state index < -0.39 is 0 Å². The van der Waals surface area contributed by atoms with Crippen LogP contribution in [0, 0.1) is 0 Å². The van der Waals surface area contributed by atoms with Crippen LogP contribution in [0.2, 0.25) is 5.02 Å². The van der Waals surface area contributed by atoms with E-state index in [1.807, 2.05) is 12.1 Å². The van der Waals surface area contributed by atoms with Crippen LogP contribution in [0.15, 0.2) is 18.2 Å². The number of rotatable bonds is 5. The topological polar surface area (TPSA) is 64.3 Å². The minimum atomic E-state index is -0.162. The maximum Gasteiger partial charge on any atom is 0.233 e. The summed E-state index contributed by atoms with van der Waals surface area (Å²) >= 11 is 6.05. The van der Waals surface area contributed by atoms with Gasteiger partial charge >= 0.3 is 0 Å². The van der Waals surface area contributed by atoms with Crippen LogP contribution in [0.3, 0.4) is 0 Å². The molecule has 1 aromatic rings. The Labute approximate surface area is 99.7 Å². The molecule has 0 aliphatic heterocycles. The lowest BCUT2D eigenvalue weighted by Gasteiger charge is -2.06. The van der Waals surface area contributed by atoms with Gasteiger partial charge in [0.15, 0.2) is 0 Å². The molecule has 4 nitrogen and oxygen atoms in total. The number of carbonyl (C=O) groups excluding carboxylic acids is 1. The van der Waals surface area contributed by atoms with Crippen LogP contribution in [0.25, 0.3) is 0 Å². The van der Waals surface area contributed by atoms with E-state index in [4.69, 9.17) is 22.2 Å². The standard InChI is InChI=1S/C11H15ClN2O2/c1-16-9-6-5-8(10(12)7-9)3-2-4-11(15)14-13/h5-7H,2-4,13H2,1H3,(H,14,15). The zero-order valence-electron chi connectivity index (χ0n) is 9.13. The number of benzene rings is 1. The van der Waals surface area contributed by atoms with Gasteiger partial charge < -0.3 is 4.74 Å². The summed E-state index contributed by atoms with van der Waals surface area (Å²) in [6, 6.07) is 5.52. The van der Waals surface area contributed by atoms with Crippen molar-refractivity contribution in [3.05, 3.63) is 28.8 Å². The summed E-state index contributed by atoms with van der Waals surface area (Å²) in [5.74, 6) is 5.54. The molecule has 0 aliphatic rings. The molecule has 0 saturated heterocycles. The second kappa shape index (κ2) is 6.35. The van der Waals surface area contributed by atoms with Gasteiger partial charge in [0.2, 0.25) is 5.91 Å². The van der Waals surface area contributed by atoms with Gasteiger partial charge in [-0.2, -0.15) is 0 Å². The lowest BCUT2D eigenvalue weighted by Crippen LogP contribution is -2.29. The zero-order valence-corrected chi connectivity index (χ0v) is 9.88. The average Bonchev–Trinajstić information content (AvgIpc) is 2.30. The molecule has 16 heavy (non-hydrogen) atoms. The van der Waals surface area contributed by atoms with Crippen molar-refractivity contribution < 1.29 is 9.53 Å². The fraction of sp³-hybridized carbons (Fsp3) is 0.364. The Balaban J connectivity index is 2.51. The number of amides is 1. The quantitative estimate of drug-likeness (QED) is 0.469. The zero-order chi connectivity index (χ0) is 12.0. The van der Waals surface area contributed by atoms with E-state index in [1.165, 1.54) is 0 Å². The van der Waals surface area contributed by atoms with E-state index in [2.05, 4.69) is 5.43 Å². The molecular formula is C11H15ClN2O2. The molecule has 88 valence electrons. The second-order valence-electron chi connectivity index (χ2n) is 3.38. The molecule has 0 fully saturated rings. The molecular weight excluding hydrogens is 228 g/mol. The predicted octanol–water partition coefficient (Wildman–Crippen LogP) is 1.66. The molecule has 0 spiro atoms. The highest BCUT2D eigenvalue weighted by molar-refractivity contribution is 6.31. The number of hydrogen-bond acceptors (Lipinski definition) is 3. The summed E-state index contributed by atoms with van der Waals surface area (Å²) in [7, 11) is 1.59. The van der Waals surface area contributed by atoms with Crippen molar-refractivity contribution in [2.75, 3.05) is 7.11 Å². The number of nitrogens with one attached hydrogen (secondary N) is 1. The first-order valence-electron chi connectivity index (χ1n) is 4.99. The van der Waals surface area contributed by atoms with Gasteiger partial charge in [-0.15, -0.1) is 0 Å². The molecule has 0 atom stereocenters. The van der Waals surface area contributed by atoms with E-state index >= 15 is 0 Å². The summed E-state index contributed by atoms with van der Waals surface area (Å²) in [5.41, 5.74) is 3.10. The highest BCUT2D eigenvalue weighted by Gasteiger charge is 2.04. The third kappa shape index (κ3) is 3.72. The number of hydrazine groups is 1. The number of ether oxygens (including phenoxy) is 1. The van der Waals surface area contributed by atoms with E-state index in [0.29, 0.717) is 11.4 Å². The fourth-order valence-corrected chi connectivity index (χ4v) is 1.63. The van der Waals surface area contributed by atoms with E-state index in [0.717, 1.165) is 24.2 Å². The maximum atomic E-state index is 10.9. The van der Waals surface area contributed by atoms with E-state index in [1.54, 1.807) is 13.2 Å². The number of aryl methyl sites for hydroxylation is 1. The number of methoxy groups -OCH3 is 1. The van der Waals surface area contributed by atoms with Crippen LogP contribution in [0.5, 0.6) is 5.75 Å². The van der Waals surface area contributed by atoms with Crippen molar-refractivity contribution >= 4 is 17.5 Å². The Hall–Kier alpha value is -1.26. The first-order valence-corrected chi connectivity index (χ1v) is 5.37. The van der Waals surface area contributed by atoms with E-state index in [9.17, 15) is 4.79 Å². The minimum Gasteiger partial charge on any atom is -0.497 e. The van der Waals surface area contributed by atoms with Gasteiger partial charge in [0.05, 0.1) is 7.11 Å². The SMILES string of the molecule is COc1ccc(CCCC(=O)NN)c(Cl)c1. The smallest absolute Gasteiger partial charge is 0.233 e. The third-order valence-corrected chi connectivity index (χ3v) is 2.62. The van der Waals surface area contributed by atoms with Gasteiger partial charge in [-0.05, 0) is 30.5 Å². The molecule has 0 aliphatic carbocycles. The molecule has 3 N–H and O–H groups in total. The average molecular weight is 243 g/mol. The van der Waals surface area contributed by atoms with Crippen molar-refractivity contribution in [1.82, 2.24) is 5.43 Å². The van der Waals surface area contributed by atoms with Crippen molar-refractivity contribution in [2.24, 2.45) is 5.84 Å². The molecule has 0 aromatic heterocycles. The maximum absolute atomic E-state index is 10.9. The molecule has 0 radical (unpaired) electrons. The lowest BCUT2D eigenvalue weighted by molar-refractivity contribution is -0.121. The highest BCUT2D eigenvalue weighted by Crippen LogP contribution is 2.23. The van der Waals surface area contributed by atoms with E-state index in [-0.39, 0.29) is 5.91 Å². The Morgan fingerprint density at radius 2 is 2.31 bits per heavy atom. The van der Waals surface area contributed by atoms with Crippen molar-refractivity contribution in [3.63, 3.8) is 0 Å². The summed E-state index contributed by atoms with van der Waals surface area (Å²) in [6.45, 7) is 0. The van der Waals surface area contributed by atoms with Gasteiger partial charge in [-0.1, -0.05) is 17.7 Å². The summed E-state index contributed by atoms with van der Waals surface area (Å²) in [4.78, 5) is 10.9. The van der Waals surface area contributed by atoms with Crippen LogP contribution >= 0.6 is 11.6 Å². The van der Waals surface area contributed by atoms with Crippen LogP contribution in [-0.2, 0) is 11.2 Å². The first kappa shape index (κ1) is 12.8. The highest BCUT2D eigenvalue weighted by atomic mass is 35.5. The van der Waals surface area contributed by atoms with Gasteiger partial charge in [0, 0.05) is 11.4 Å². The molecule has 0 unspecified atom stereocenters. The molecule has 1 aromatic carbocycles. The monoisotopic (exact) mass is 242 g/mol. The molecule has 1 rings (SSSR count).